The van der Waals surface area contributed by atoms with Crippen LogP contribution >= 0.6 is 35.0 Å². The van der Waals surface area contributed by atoms with Crippen molar-refractivity contribution in [3.05, 3.63) is 58.1 Å². The molecule has 0 aliphatic carbocycles. The Labute approximate surface area is 161 Å². The number of ether oxygens (including phenoxy) is 1. The van der Waals surface area contributed by atoms with Gasteiger partial charge in [-0.25, -0.2) is 5.43 Å². The molecule has 25 heavy (non-hydrogen) atoms. The van der Waals surface area contributed by atoms with Crippen LogP contribution in [0.4, 0.5) is 0 Å². The largest absolute Gasteiger partial charge is 0.492 e. The lowest BCUT2D eigenvalue weighted by Crippen LogP contribution is -2.18. The fourth-order valence-corrected chi connectivity index (χ4v) is 2.80. The van der Waals surface area contributed by atoms with E-state index in [1.165, 1.54) is 4.90 Å². The number of hydrogen-bond donors (Lipinski definition) is 1. The summed E-state index contributed by atoms with van der Waals surface area (Å²) in [6.07, 6.45) is 4.51. The summed E-state index contributed by atoms with van der Waals surface area (Å²) >= 11 is 13.5. The van der Waals surface area contributed by atoms with Crippen molar-refractivity contribution >= 4 is 47.1 Å². The molecule has 0 spiro atoms. The molecule has 7 heteroatoms. The lowest BCUT2D eigenvalue weighted by atomic mass is 10.2. The Morgan fingerprint density at radius 2 is 2.00 bits per heavy atom. The number of benzene rings is 2. The van der Waals surface area contributed by atoms with Crippen LogP contribution in [0.1, 0.15) is 18.4 Å². The Bertz CT molecular complexity index is 736. The lowest BCUT2D eigenvalue weighted by molar-refractivity contribution is -0.121. The molecule has 0 aromatic heterocycles. The second-order valence-electron chi connectivity index (χ2n) is 5.09. The van der Waals surface area contributed by atoms with Gasteiger partial charge >= 0.3 is 0 Å². The van der Waals surface area contributed by atoms with E-state index in [-0.39, 0.29) is 5.91 Å². The highest BCUT2D eigenvalue weighted by molar-refractivity contribution is 7.98. The summed E-state index contributed by atoms with van der Waals surface area (Å²) in [6, 6.07) is 12.9. The van der Waals surface area contributed by atoms with Crippen molar-refractivity contribution in [2.75, 3.05) is 12.9 Å². The third-order valence-electron chi connectivity index (χ3n) is 3.22. The zero-order chi connectivity index (χ0) is 18.1. The molecule has 0 saturated heterocycles. The number of hydrazone groups is 1. The summed E-state index contributed by atoms with van der Waals surface area (Å²) in [7, 11) is 0. The van der Waals surface area contributed by atoms with Gasteiger partial charge in [0.25, 0.3) is 0 Å². The zero-order valence-electron chi connectivity index (χ0n) is 13.7. The second-order valence-corrected chi connectivity index (χ2v) is 6.82. The number of nitrogens with one attached hydrogen (secondary N) is 1. The quantitative estimate of drug-likeness (QED) is 0.294. The topological polar surface area (TPSA) is 50.7 Å². The Hall–Kier alpha value is -1.69. The first-order chi connectivity index (χ1) is 12.1. The van der Waals surface area contributed by atoms with Crippen LogP contribution in [-0.2, 0) is 4.79 Å². The third kappa shape index (κ3) is 6.98. The molecule has 0 saturated carbocycles. The molecule has 132 valence electrons. The standard InChI is InChI=1S/C18H18Cl2N2O2S/c1-25-15-7-4-13(5-8-15)12-21-22-18(23)3-2-10-24-17-9-6-14(19)11-16(17)20/h4-9,11-12H,2-3,10H2,1H3,(H,22,23). The van der Waals surface area contributed by atoms with E-state index in [2.05, 4.69) is 10.5 Å². The van der Waals surface area contributed by atoms with E-state index in [9.17, 15) is 4.79 Å². The van der Waals surface area contributed by atoms with E-state index in [1.54, 1.807) is 36.2 Å². The van der Waals surface area contributed by atoms with E-state index in [0.717, 1.165) is 5.56 Å². The molecule has 2 rings (SSSR count). The van der Waals surface area contributed by atoms with Gasteiger partial charge in [-0.2, -0.15) is 5.10 Å². The number of amides is 1. The number of carbonyl (C=O) groups excluding carboxylic acids is 1. The molecule has 1 N–H and O–H groups in total. The maximum Gasteiger partial charge on any atom is 0.240 e. The summed E-state index contributed by atoms with van der Waals surface area (Å²) in [5.74, 6) is 0.390. The maximum atomic E-state index is 11.7. The summed E-state index contributed by atoms with van der Waals surface area (Å²) in [6.45, 7) is 0.384. The van der Waals surface area contributed by atoms with E-state index < -0.39 is 0 Å². The predicted molar refractivity (Wildman–Crippen MR) is 105 cm³/mol. The molecule has 1 amide bonds. The van der Waals surface area contributed by atoms with Crippen LogP contribution < -0.4 is 10.2 Å². The van der Waals surface area contributed by atoms with Crippen LogP contribution in [0.25, 0.3) is 0 Å². The van der Waals surface area contributed by atoms with Gasteiger partial charge in [0.15, 0.2) is 0 Å². The number of nitrogens with zero attached hydrogens (tertiary/aromatic N) is 1. The highest BCUT2D eigenvalue weighted by Crippen LogP contribution is 2.27. The highest BCUT2D eigenvalue weighted by atomic mass is 35.5. The normalized spacial score (nSPS) is 10.8. The molecule has 0 heterocycles. The van der Waals surface area contributed by atoms with Crippen molar-refractivity contribution in [3.8, 4) is 5.75 Å². The summed E-state index contributed by atoms with van der Waals surface area (Å²) in [4.78, 5) is 12.9. The molecule has 0 aliphatic heterocycles. The smallest absolute Gasteiger partial charge is 0.240 e. The Morgan fingerprint density at radius 3 is 2.68 bits per heavy atom. The molecule has 2 aromatic carbocycles. The van der Waals surface area contributed by atoms with Gasteiger partial charge in [-0.1, -0.05) is 35.3 Å². The van der Waals surface area contributed by atoms with E-state index in [4.69, 9.17) is 27.9 Å². The maximum absolute atomic E-state index is 11.7. The average molecular weight is 397 g/mol. The van der Waals surface area contributed by atoms with Crippen LogP contribution in [0.5, 0.6) is 5.75 Å². The van der Waals surface area contributed by atoms with Gasteiger partial charge in [0, 0.05) is 16.3 Å². The van der Waals surface area contributed by atoms with Crippen LogP contribution in [-0.4, -0.2) is 25.0 Å². The van der Waals surface area contributed by atoms with Crippen molar-refractivity contribution in [1.82, 2.24) is 5.43 Å². The van der Waals surface area contributed by atoms with Crippen molar-refractivity contribution in [2.24, 2.45) is 5.10 Å². The Morgan fingerprint density at radius 1 is 1.24 bits per heavy atom. The number of thioether (sulfide) groups is 1. The number of hydrogen-bond acceptors (Lipinski definition) is 4. The van der Waals surface area contributed by atoms with Gasteiger partial charge < -0.3 is 4.74 Å². The predicted octanol–water partition coefficient (Wildman–Crippen LogP) is 5.02. The monoisotopic (exact) mass is 396 g/mol. The average Bonchev–Trinajstić information content (AvgIpc) is 2.61. The molecular formula is C18H18Cl2N2O2S. The van der Waals surface area contributed by atoms with Gasteiger partial charge in [0.1, 0.15) is 5.75 Å². The first-order valence-electron chi connectivity index (χ1n) is 7.62. The van der Waals surface area contributed by atoms with Crippen molar-refractivity contribution in [2.45, 2.75) is 17.7 Å². The minimum absolute atomic E-state index is 0.164. The lowest BCUT2D eigenvalue weighted by Gasteiger charge is -2.07. The van der Waals surface area contributed by atoms with Crippen molar-refractivity contribution < 1.29 is 9.53 Å². The fourth-order valence-electron chi connectivity index (χ4n) is 1.93. The fraction of sp³-hybridized carbons (Fsp3) is 0.222. The van der Waals surface area contributed by atoms with Gasteiger partial charge in [-0.15, -0.1) is 11.8 Å². The second kappa shape index (κ2) is 10.3. The van der Waals surface area contributed by atoms with Crippen molar-refractivity contribution in [1.29, 1.82) is 0 Å². The summed E-state index contributed by atoms with van der Waals surface area (Å²) < 4.78 is 5.53. The Balaban J connectivity index is 1.67. The molecular weight excluding hydrogens is 379 g/mol. The van der Waals surface area contributed by atoms with Crippen LogP contribution in [0, 0.1) is 0 Å². The molecule has 0 fully saturated rings. The molecule has 2 aromatic rings. The minimum Gasteiger partial charge on any atom is -0.492 e. The minimum atomic E-state index is -0.164. The van der Waals surface area contributed by atoms with E-state index in [0.29, 0.717) is 35.2 Å². The number of halogens is 2. The van der Waals surface area contributed by atoms with E-state index in [1.807, 2.05) is 30.5 Å². The van der Waals surface area contributed by atoms with Crippen LogP contribution in [0.2, 0.25) is 10.0 Å². The third-order valence-corrected chi connectivity index (χ3v) is 4.49. The van der Waals surface area contributed by atoms with Gasteiger partial charge in [-0.05, 0) is 48.6 Å². The van der Waals surface area contributed by atoms with E-state index >= 15 is 0 Å². The zero-order valence-corrected chi connectivity index (χ0v) is 16.0. The Kier molecular flexibility index (Phi) is 8.12. The first kappa shape index (κ1) is 19.6. The molecule has 0 bridgehead atoms. The summed E-state index contributed by atoms with van der Waals surface area (Å²) in [5.41, 5.74) is 3.43. The van der Waals surface area contributed by atoms with Crippen LogP contribution in [0.15, 0.2) is 52.5 Å². The SMILES string of the molecule is CSc1ccc(C=NNC(=O)CCCOc2ccc(Cl)cc2Cl)cc1. The molecule has 0 atom stereocenters. The van der Waals surface area contributed by atoms with Gasteiger partial charge in [0.2, 0.25) is 5.91 Å². The molecule has 0 radical (unpaired) electrons. The van der Waals surface area contributed by atoms with Crippen LogP contribution in [0.3, 0.4) is 0 Å². The van der Waals surface area contributed by atoms with Crippen molar-refractivity contribution in [3.63, 3.8) is 0 Å². The highest BCUT2D eigenvalue weighted by Gasteiger charge is 2.04. The molecule has 4 nitrogen and oxygen atoms in total. The molecule has 0 aliphatic rings. The number of rotatable bonds is 8. The summed E-state index contributed by atoms with van der Waals surface area (Å²) in [5, 5.41) is 4.96. The molecule has 0 unspecified atom stereocenters. The van der Waals surface area contributed by atoms with Gasteiger partial charge in [-0.3, -0.25) is 4.79 Å². The first-order valence-corrected chi connectivity index (χ1v) is 9.60. The van der Waals surface area contributed by atoms with Gasteiger partial charge in [0.05, 0.1) is 17.8 Å². The number of carbonyl (C=O) groups is 1.